The highest BCUT2D eigenvalue weighted by Gasteiger charge is 2.44. The van der Waals surface area contributed by atoms with Crippen molar-refractivity contribution in [2.45, 2.75) is 30.2 Å². The molecule has 1 aliphatic rings. The monoisotopic (exact) mass is 405 g/mol. The van der Waals surface area contributed by atoms with Crippen LogP contribution in [0.4, 0.5) is 4.39 Å². The molecule has 28 heavy (non-hydrogen) atoms. The third kappa shape index (κ3) is 4.40. The Bertz CT molecular complexity index is 961. The number of nitrogens with one attached hydrogen (secondary N) is 1. The van der Waals surface area contributed by atoms with Crippen LogP contribution < -0.4 is 9.46 Å². The van der Waals surface area contributed by atoms with Gasteiger partial charge in [-0.3, -0.25) is 0 Å². The van der Waals surface area contributed by atoms with E-state index in [0.717, 1.165) is 0 Å². The van der Waals surface area contributed by atoms with Gasteiger partial charge in [-0.25, -0.2) is 17.6 Å². The van der Waals surface area contributed by atoms with E-state index in [4.69, 9.17) is 9.47 Å². The number of ether oxygens (including phenoxy) is 2. The van der Waals surface area contributed by atoms with Crippen molar-refractivity contribution in [3.05, 3.63) is 66.5 Å². The molecule has 8 heteroatoms. The zero-order valence-electron chi connectivity index (χ0n) is 15.2. The number of sulfonamides is 1. The minimum absolute atomic E-state index is 0.00507. The van der Waals surface area contributed by atoms with Crippen LogP contribution in [0.3, 0.4) is 0 Å². The van der Waals surface area contributed by atoms with Crippen molar-refractivity contribution >= 4 is 16.0 Å². The number of carbonyl (C=O) groups is 1. The van der Waals surface area contributed by atoms with Crippen molar-refractivity contribution in [1.82, 2.24) is 4.72 Å². The normalized spacial score (nSPS) is 15.4. The van der Waals surface area contributed by atoms with Crippen molar-refractivity contribution in [2.24, 2.45) is 0 Å². The maximum atomic E-state index is 12.9. The number of hydrogen-bond acceptors (Lipinski definition) is 5. The average molecular weight is 405 g/mol. The van der Waals surface area contributed by atoms with E-state index in [9.17, 15) is 17.6 Å². The summed E-state index contributed by atoms with van der Waals surface area (Å²) in [5.41, 5.74) is -1.32. The lowest BCUT2D eigenvalue weighted by Crippen LogP contribution is -2.53. The molecule has 0 spiro atoms. The Labute approximate surface area is 163 Å². The van der Waals surface area contributed by atoms with Crippen molar-refractivity contribution < 1.29 is 27.1 Å². The van der Waals surface area contributed by atoms with Gasteiger partial charge in [0.1, 0.15) is 22.9 Å². The zero-order valence-corrected chi connectivity index (χ0v) is 16.0. The Balaban J connectivity index is 1.76. The molecular weight excluding hydrogens is 385 g/mol. The molecule has 0 saturated carbocycles. The quantitative estimate of drug-likeness (QED) is 0.563. The molecule has 0 fully saturated rings. The predicted molar refractivity (Wildman–Crippen MR) is 101 cm³/mol. The first-order valence-corrected chi connectivity index (χ1v) is 10.2. The molecule has 3 rings (SSSR count). The van der Waals surface area contributed by atoms with Gasteiger partial charge in [0.25, 0.3) is 0 Å². The molecule has 2 aromatic carbocycles. The molecule has 1 N–H and O–H groups in total. The largest absolute Gasteiger partial charge is 0.465 e. The standard InChI is InChI=1S/C20H20FNO5S/c1-2-26-19(23)20(13-3-4-14-20)22-28(24,25)18-11-9-17(10-12-18)27-16-7-5-15(21)6-8-16/h3-12,22H,2,13-14H2,1H3. The Morgan fingerprint density at radius 2 is 1.57 bits per heavy atom. The predicted octanol–water partition coefficient (Wildman–Crippen LogP) is 3.55. The van der Waals surface area contributed by atoms with E-state index in [2.05, 4.69) is 4.72 Å². The van der Waals surface area contributed by atoms with Crippen molar-refractivity contribution in [3.63, 3.8) is 0 Å². The summed E-state index contributed by atoms with van der Waals surface area (Å²) in [4.78, 5) is 12.3. The lowest BCUT2D eigenvalue weighted by atomic mass is 9.99. The third-order valence-electron chi connectivity index (χ3n) is 4.28. The van der Waals surface area contributed by atoms with E-state index >= 15 is 0 Å². The molecule has 0 unspecified atom stereocenters. The van der Waals surface area contributed by atoms with Gasteiger partial charge in [-0.05, 0) is 68.3 Å². The highest BCUT2D eigenvalue weighted by atomic mass is 32.2. The zero-order chi connectivity index (χ0) is 20.2. The van der Waals surface area contributed by atoms with Crippen LogP contribution in [-0.4, -0.2) is 26.5 Å². The number of benzene rings is 2. The lowest BCUT2D eigenvalue weighted by molar-refractivity contribution is -0.149. The van der Waals surface area contributed by atoms with Crippen LogP contribution in [0.15, 0.2) is 65.6 Å². The summed E-state index contributed by atoms with van der Waals surface area (Å²) in [6.45, 7) is 1.83. The van der Waals surface area contributed by atoms with E-state index < -0.39 is 21.5 Å². The fourth-order valence-electron chi connectivity index (χ4n) is 2.85. The summed E-state index contributed by atoms with van der Waals surface area (Å²) in [5.74, 6) is -0.154. The first-order valence-electron chi connectivity index (χ1n) is 8.74. The molecule has 148 valence electrons. The van der Waals surface area contributed by atoms with E-state index in [0.29, 0.717) is 11.5 Å². The molecule has 2 aromatic rings. The molecule has 0 atom stereocenters. The first-order chi connectivity index (χ1) is 13.3. The van der Waals surface area contributed by atoms with E-state index in [-0.39, 0.29) is 30.2 Å². The smallest absolute Gasteiger partial charge is 0.327 e. The fraction of sp³-hybridized carbons (Fsp3) is 0.250. The van der Waals surface area contributed by atoms with Gasteiger partial charge in [0, 0.05) is 0 Å². The van der Waals surface area contributed by atoms with Gasteiger partial charge in [-0.1, -0.05) is 12.2 Å². The Morgan fingerprint density at radius 1 is 1.04 bits per heavy atom. The Hall–Kier alpha value is -2.71. The topological polar surface area (TPSA) is 81.7 Å². The SMILES string of the molecule is CCOC(=O)C1(NS(=O)(=O)c2ccc(Oc3ccc(F)cc3)cc2)CC=CC1. The summed E-state index contributed by atoms with van der Waals surface area (Å²) < 4.78 is 51.6. The molecule has 0 aromatic heterocycles. The molecule has 0 radical (unpaired) electrons. The second-order valence-electron chi connectivity index (χ2n) is 6.32. The molecule has 0 heterocycles. The number of esters is 1. The first kappa shape index (κ1) is 20.0. The van der Waals surface area contributed by atoms with Gasteiger partial charge in [-0.15, -0.1) is 0 Å². The van der Waals surface area contributed by atoms with Gasteiger partial charge in [0.15, 0.2) is 0 Å². The van der Waals surface area contributed by atoms with Crippen LogP contribution >= 0.6 is 0 Å². The van der Waals surface area contributed by atoms with Gasteiger partial charge in [0.05, 0.1) is 11.5 Å². The van der Waals surface area contributed by atoms with Crippen LogP contribution in [0.5, 0.6) is 11.5 Å². The highest BCUT2D eigenvalue weighted by Crippen LogP contribution is 2.29. The summed E-state index contributed by atoms with van der Waals surface area (Å²) in [7, 11) is -3.96. The van der Waals surface area contributed by atoms with E-state index in [1.807, 2.05) is 0 Å². The number of rotatable bonds is 7. The fourth-order valence-corrected chi connectivity index (χ4v) is 4.23. The second-order valence-corrected chi connectivity index (χ2v) is 8.00. The van der Waals surface area contributed by atoms with Crippen LogP contribution in [0.2, 0.25) is 0 Å². The highest BCUT2D eigenvalue weighted by molar-refractivity contribution is 7.89. The summed E-state index contributed by atoms with van der Waals surface area (Å²) in [6, 6.07) is 11.2. The van der Waals surface area contributed by atoms with Crippen LogP contribution in [0.25, 0.3) is 0 Å². The van der Waals surface area contributed by atoms with Gasteiger partial charge in [-0.2, -0.15) is 4.72 Å². The van der Waals surface area contributed by atoms with Gasteiger partial charge in [0.2, 0.25) is 10.0 Å². The Morgan fingerprint density at radius 3 is 2.11 bits per heavy atom. The van der Waals surface area contributed by atoms with Crippen molar-refractivity contribution in [3.8, 4) is 11.5 Å². The van der Waals surface area contributed by atoms with Gasteiger partial charge < -0.3 is 9.47 Å². The number of carbonyl (C=O) groups excluding carboxylic acids is 1. The Kier molecular flexibility index (Phi) is 5.81. The molecule has 0 saturated heterocycles. The molecule has 0 amide bonds. The van der Waals surface area contributed by atoms with Gasteiger partial charge >= 0.3 is 5.97 Å². The molecule has 0 aliphatic heterocycles. The minimum atomic E-state index is -3.96. The van der Waals surface area contributed by atoms with Crippen molar-refractivity contribution in [1.29, 1.82) is 0 Å². The third-order valence-corrected chi connectivity index (χ3v) is 5.83. The van der Waals surface area contributed by atoms with Crippen molar-refractivity contribution in [2.75, 3.05) is 6.61 Å². The molecule has 0 bridgehead atoms. The van der Waals surface area contributed by atoms with E-state index in [1.165, 1.54) is 48.5 Å². The molecule has 1 aliphatic carbocycles. The summed E-state index contributed by atoms with van der Waals surface area (Å²) in [6.07, 6.45) is 3.96. The summed E-state index contributed by atoms with van der Waals surface area (Å²) >= 11 is 0. The second kappa shape index (κ2) is 8.12. The van der Waals surface area contributed by atoms with Crippen LogP contribution in [0, 0.1) is 5.82 Å². The number of hydrogen-bond donors (Lipinski definition) is 1. The average Bonchev–Trinajstić information content (AvgIpc) is 3.13. The molecular formula is C20H20FNO5S. The lowest BCUT2D eigenvalue weighted by Gasteiger charge is -2.27. The maximum Gasteiger partial charge on any atom is 0.327 e. The van der Waals surface area contributed by atoms with Crippen LogP contribution in [-0.2, 0) is 19.6 Å². The summed E-state index contributed by atoms with van der Waals surface area (Å²) in [5, 5.41) is 0. The van der Waals surface area contributed by atoms with Crippen LogP contribution in [0.1, 0.15) is 19.8 Å². The number of halogens is 1. The van der Waals surface area contributed by atoms with E-state index in [1.54, 1.807) is 19.1 Å². The minimum Gasteiger partial charge on any atom is -0.465 e. The maximum absolute atomic E-state index is 12.9. The molecule has 6 nitrogen and oxygen atoms in total.